The Bertz CT molecular complexity index is 1320. The van der Waals surface area contributed by atoms with Gasteiger partial charge in [0.2, 0.25) is 15.9 Å². The molecule has 0 spiro atoms. The van der Waals surface area contributed by atoms with E-state index in [4.69, 9.17) is 4.74 Å². The largest absolute Gasteiger partial charge is 0.492 e. The summed E-state index contributed by atoms with van der Waals surface area (Å²) in [4.78, 5) is 25.5. The highest BCUT2D eigenvalue weighted by Crippen LogP contribution is 2.30. The van der Waals surface area contributed by atoms with E-state index in [0.29, 0.717) is 31.9 Å². The van der Waals surface area contributed by atoms with Gasteiger partial charge in [0.05, 0.1) is 17.6 Å². The number of ether oxygens (including phenoxy) is 1. The van der Waals surface area contributed by atoms with Crippen LogP contribution in [0.5, 0.6) is 5.75 Å². The Kier molecular flexibility index (Phi) is 8.16. The van der Waals surface area contributed by atoms with Crippen molar-refractivity contribution in [3.05, 3.63) is 52.9 Å². The van der Waals surface area contributed by atoms with Gasteiger partial charge < -0.3 is 10.1 Å². The Hall–Kier alpha value is -3.11. The van der Waals surface area contributed by atoms with E-state index in [1.807, 2.05) is 31.2 Å². The molecule has 184 valence electrons. The van der Waals surface area contributed by atoms with Crippen LogP contribution in [0.2, 0.25) is 0 Å². The molecule has 1 amide bonds. The number of amides is 1. The number of aromatic nitrogens is 2. The number of aryl methyl sites for hydroxylation is 2. The number of rotatable bonds is 11. The van der Waals surface area contributed by atoms with Crippen LogP contribution in [0.3, 0.4) is 0 Å². The molecule has 0 saturated heterocycles. The maximum atomic E-state index is 13.1. The number of nitrogens with zero attached hydrogens (tertiary/aromatic N) is 3. The summed E-state index contributed by atoms with van der Waals surface area (Å²) in [6.07, 6.45) is 0.0585. The first-order valence-corrected chi connectivity index (χ1v) is 13.0. The molecule has 0 bridgehead atoms. The molecule has 2 aromatic carbocycles. The molecule has 1 heterocycles. The predicted molar refractivity (Wildman–Crippen MR) is 133 cm³/mol. The Morgan fingerprint density at radius 3 is 2.24 bits per heavy atom. The number of imidazole rings is 1. The number of sulfonamides is 1. The second-order valence-corrected chi connectivity index (χ2v) is 9.56. The molecule has 0 aliphatic heterocycles. The van der Waals surface area contributed by atoms with Gasteiger partial charge in [-0.05, 0) is 44.2 Å². The van der Waals surface area contributed by atoms with Gasteiger partial charge in [-0.15, -0.1) is 0 Å². The first-order chi connectivity index (χ1) is 16.3. The fourth-order valence-corrected chi connectivity index (χ4v) is 5.61. The minimum Gasteiger partial charge on any atom is -0.492 e. The van der Waals surface area contributed by atoms with E-state index in [1.165, 1.54) is 10.4 Å². The van der Waals surface area contributed by atoms with Gasteiger partial charge in [-0.2, -0.15) is 4.31 Å². The van der Waals surface area contributed by atoms with E-state index < -0.39 is 10.0 Å². The molecule has 0 unspecified atom stereocenters. The number of nitrogens with one attached hydrogen (secondary N) is 1. The van der Waals surface area contributed by atoms with Crippen LogP contribution in [-0.2, 0) is 27.9 Å². The lowest BCUT2D eigenvalue weighted by atomic mass is 10.2. The van der Waals surface area contributed by atoms with E-state index in [2.05, 4.69) is 5.32 Å². The van der Waals surface area contributed by atoms with Gasteiger partial charge in [-0.25, -0.2) is 13.2 Å². The van der Waals surface area contributed by atoms with Crippen LogP contribution >= 0.6 is 0 Å². The van der Waals surface area contributed by atoms with E-state index in [9.17, 15) is 18.0 Å². The first kappa shape index (κ1) is 25.5. The third-order valence-electron chi connectivity index (χ3n) is 5.65. The van der Waals surface area contributed by atoms with Gasteiger partial charge in [0.25, 0.3) is 0 Å². The van der Waals surface area contributed by atoms with Gasteiger partial charge in [-0.3, -0.25) is 13.9 Å². The quantitative estimate of drug-likeness (QED) is 0.446. The third kappa shape index (κ3) is 5.02. The number of carbonyl (C=O) groups excluding carboxylic acids is 1. The summed E-state index contributed by atoms with van der Waals surface area (Å²) in [6.45, 7) is 8.92. The van der Waals surface area contributed by atoms with E-state index in [1.54, 1.807) is 42.0 Å². The predicted octanol–water partition coefficient (Wildman–Crippen LogP) is 3.28. The maximum absolute atomic E-state index is 13.1. The number of anilines is 1. The summed E-state index contributed by atoms with van der Waals surface area (Å²) in [7, 11) is -3.79. The molecule has 10 heteroatoms. The average molecular weight is 489 g/mol. The van der Waals surface area contributed by atoms with E-state index in [0.717, 1.165) is 11.0 Å². The smallest absolute Gasteiger partial charge is 0.329 e. The molecule has 3 aromatic rings. The lowest BCUT2D eigenvalue weighted by Crippen LogP contribution is -2.31. The molecular weight excluding hydrogens is 456 g/mol. The minimum absolute atomic E-state index is 0.0121. The van der Waals surface area contributed by atoms with Gasteiger partial charge in [-0.1, -0.05) is 26.0 Å². The molecule has 0 aliphatic carbocycles. The van der Waals surface area contributed by atoms with Gasteiger partial charge in [0, 0.05) is 38.3 Å². The highest BCUT2D eigenvalue weighted by molar-refractivity contribution is 7.89. The summed E-state index contributed by atoms with van der Waals surface area (Å²) in [5.74, 6) is -0.0816. The standard InChI is InChI=1S/C24H32N4O5S/c1-5-26(6-2)34(31,32)22-17-18(13-14-21(22)33-8-4)25-23(29)15-16-28-20-12-10-9-11-19(20)27(7-3)24(28)30/h9-14,17H,5-8,15-16H2,1-4H3,(H,25,29). The summed E-state index contributed by atoms with van der Waals surface area (Å²) < 4.78 is 36.4. The van der Waals surface area contributed by atoms with E-state index >= 15 is 0 Å². The van der Waals surface area contributed by atoms with Crippen molar-refractivity contribution < 1.29 is 17.9 Å². The fourth-order valence-electron chi connectivity index (χ4n) is 4.00. The zero-order chi connectivity index (χ0) is 24.9. The Morgan fingerprint density at radius 1 is 1.00 bits per heavy atom. The molecule has 3 rings (SSSR count). The van der Waals surface area contributed by atoms with Crippen molar-refractivity contribution in [1.29, 1.82) is 0 Å². The monoisotopic (exact) mass is 488 g/mol. The van der Waals surface area contributed by atoms with Crippen LogP contribution in [0.25, 0.3) is 11.0 Å². The van der Waals surface area contributed by atoms with Crippen molar-refractivity contribution in [2.45, 2.75) is 52.1 Å². The Morgan fingerprint density at radius 2 is 1.65 bits per heavy atom. The lowest BCUT2D eigenvalue weighted by Gasteiger charge is -2.21. The Balaban J connectivity index is 1.83. The van der Waals surface area contributed by atoms with Gasteiger partial charge in [0.15, 0.2) is 0 Å². The fraction of sp³-hybridized carbons (Fsp3) is 0.417. The first-order valence-electron chi connectivity index (χ1n) is 11.5. The van der Waals surface area contributed by atoms with Crippen molar-refractivity contribution in [2.24, 2.45) is 0 Å². The van der Waals surface area contributed by atoms with Crippen molar-refractivity contribution >= 4 is 32.7 Å². The number of hydrogen-bond acceptors (Lipinski definition) is 5. The van der Waals surface area contributed by atoms with Crippen LogP contribution in [0, 0.1) is 0 Å². The van der Waals surface area contributed by atoms with E-state index in [-0.39, 0.29) is 35.2 Å². The van der Waals surface area contributed by atoms with Crippen LogP contribution < -0.4 is 15.7 Å². The van der Waals surface area contributed by atoms with Crippen LogP contribution in [-0.4, -0.2) is 47.5 Å². The topological polar surface area (TPSA) is 103 Å². The molecule has 34 heavy (non-hydrogen) atoms. The maximum Gasteiger partial charge on any atom is 0.329 e. The van der Waals surface area contributed by atoms with Gasteiger partial charge >= 0.3 is 5.69 Å². The second-order valence-electron chi connectivity index (χ2n) is 7.65. The molecule has 0 aliphatic rings. The summed E-state index contributed by atoms with van der Waals surface area (Å²) >= 11 is 0. The number of hydrogen-bond donors (Lipinski definition) is 1. The molecule has 0 saturated carbocycles. The highest BCUT2D eigenvalue weighted by Gasteiger charge is 2.26. The normalized spacial score (nSPS) is 11.8. The molecule has 9 nitrogen and oxygen atoms in total. The van der Waals surface area contributed by atoms with Crippen LogP contribution in [0.4, 0.5) is 5.69 Å². The van der Waals surface area contributed by atoms with Crippen molar-refractivity contribution in [1.82, 2.24) is 13.4 Å². The summed E-state index contributed by atoms with van der Waals surface area (Å²) in [5.41, 5.74) is 1.79. The van der Waals surface area contributed by atoms with Crippen molar-refractivity contribution in [3.63, 3.8) is 0 Å². The van der Waals surface area contributed by atoms with Crippen molar-refractivity contribution in [3.8, 4) is 5.75 Å². The second kappa shape index (κ2) is 10.9. The highest BCUT2D eigenvalue weighted by atomic mass is 32.2. The lowest BCUT2D eigenvalue weighted by molar-refractivity contribution is -0.116. The third-order valence-corrected chi connectivity index (χ3v) is 7.73. The van der Waals surface area contributed by atoms with Crippen LogP contribution in [0.1, 0.15) is 34.1 Å². The van der Waals surface area contributed by atoms with Gasteiger partial charge in [0.1, 0.15) is 10.6 Å². The zero-order valence-corrected chi connectivity index (χ0v) is 20.9. The molecule has 0 atom stereocenters. The Labute approximate surface area is 200 Å². The SMILES string of the molecule is CCOc1ccc(NC(=O)CCn2c(=O)n(CC)c3ccccc32)cc1S(=O)(=O)N(CC)CC. The molecule has 1 aromatic heterocycles. The molecule has 1 N–H and O–H groups in total. The average Bonchev–Trinajstić information content (AvgIpc) is 3.09. The summed E-state index contributed by atoms with van der Waals surface area (Å²) in [6, 6.07) is 12.1. The molecular formula is C24H32N4O5S. The van der Waals surface area contributed by atoms with Crippen LogP contribution in [0.15, 0.2) is 52.2 Å². The number of fused-ring (bicyclic) bond motifs is 1. The number of para-hydroxylation sites is 2. The number of benzene rings is 2. The van der Waals surface area contributed by atoms with Crippen molar-refractivity contribution in [2.75, 3.05) is 25.0 Å². The molecule has 0 fully saturated rings. The minimum atomic E-state index is -3.79. The zero-order valence-electron chi connectivity index (χ0n) is 20.1. The molecule has 0 radical (unpaired) electrons. The number of carbonyl (C=O) groups is 1. The summed E-state index contributed by atoms with van der Waals surface area (Å²) in [5, 5.41) is 2.76.